The zero-order chi connectivity index (χ0) is 22.5. The maximum atomic E-state index is 12.8. The van der Waals surface area contributed by atoms with E-state index in [9.17, 15) is 9.59 Å². The summed E-state index contributed by atoms with van der Waals surface area (Å²) in [4.78, 5) is 32.7. The molecule has 3 heterocycles. The van der Waals surface area contributed by atoms with Gasteiger partial charge in [-0.3, -0.25) is 14.6 Å². The van der Waals surface area contributed by atoms with Crippen LogP contribution < -0.4 is 16.0 Å². The van der Waals surface area contributed by atoms with Crippen molar-refractivity contribution in [1.29, 1.82) is 0 Å². The molecule has 10 heteroatoms. The van der Waals surface area contributed by atoms with E-state index in [-0.39, 0.29) is 23.9 Å². The predicted molar refractivity (Wildman–Crippen MR) is 120 cm³/mol. The molecule has 3 aromatic heterocycles. The van der Waals surface area contributed by atoms with Crippen molar-refractivity contribution in [3.05, 3.63) is 41.4 Å². The van der Waals surface area contributed by atoms with E-state index in [4.69, 9.17) is 11.6 Å². The number of pyridine rings is 1. The van der Waals surface area contributed by atoms with Gasteiger partial charge < -0.3 is 16.0 Å². The highest BCUT2D eigenvalue weighted by molar-refractivity contribution is 6.30. The fourth-order valence-corrected chi connectivity index (χ4v) is 3.30. The number of amides is 2. The lowest BCUT2D eigenvalue weighted by atomic mass is 10.1. The Bertz CT molecular complexity index is 1100. The second kappa shape index (κ2) is 9.74. The van der Waals surface area contributed by atoms with E-state index in [0.717, 1.165) is 5.56 Å². The smallest absolute Gasteiger partial charge is 0.254 e. The van der Waals surface area contributed by atoms with Gasteiger partial charge >= 0.3 is 0 Å². The lowest BCUT2D eigenvalue weighted by Gasteiger charge is -2.16. The molecule has 0 radical (unpaired) electrons. The van der Waals surface area contributed by atoms with E-state index in [1.807, 2.05) is 26.8 Å². The summed E-state index contributed by atoms with van der Waals surface area (Å²) in [5.74, 6) is -0.325. The van der Waals surface area contributed by atoms with Gasteiger partial charge in [-0.25, -0.2) is 9.50 Å². The number of carbonyl (C=O) groups excluding carboxylic acids is 2. The number of anilines is 1. The van der Waals surface area contributed by atoms with Crippen LogP contribution in [0.5, 0.6) is 0 Å². The van der Waals surface area contributed by atoms with Crippen molar-refractivity contribution in [2.45, 2.75) is 46.2 Å². The first-order valence-electron chi connectivity index (χ1n) is 10.1. The molecule has 0 saturated carbocycles. The van der Waals surface area contributed by atoms with Crippen LogP contribution in [0.4, 0.5) is 5.69 Å². The molecule has 0 aromatic carbocycles. The zero-order valence-electron chi connectivity index (χ0n) is 17.9. The summed E-state index contributed by atoms with van der Waals surface area (Å²) in [7, 11) is 0. The number of hydrogen-bond donors (Lipinski definition) is 3. The van der Waals surface area contributed by atoms with Gasteiger partial charge in [0.25, 0.3) is 5.91 Å². The predicted octanol–water partition coefficient (Wildman–Crippen LogP) is 2.91. The molecule has 0 fully saturated rings. The fraction of sp³-hybridized carbons (Fsp3) is 0.381. The Labute approximate surface area is 185 Å². The van der Waals surface area contributed by atoms with Crippen molar-refractivity contribution in [1.82, 2.24) is 30.2 Å². The minimum absolute atomic E-state index is 0.0248. The second-order valence-corrected chi connectivity index (χ2v) is 8.10. The van der Waals surface area contributed by atoms with E-state index in [1.54, 1.807) is 29.3 Å². The molecule has 3 rings (SSSR count). The number of aromatic nitrogens is 4. The third kappa shape index (κ3) is 5.69. The van der Waals surface area contributed by atoms with Gasteiger partial charge in [-0.15, -0.1) is 0 Å². The minimum Gasteiger partial charge on any atom is -0.382 e. The van der Waals surface area contributed by atoms with E-state index < -0.39 is 0 Å². The third-order valence-electron chi connectivity index (χ3n) is 4.51. The molecule has 0 unspecified atom stereocenters. The average molecular weight is 444 g/mol. The molecule has 0 spiro atoms. The Balaban J connectivity index is 1.82. The van der Waals surface area contributed by atoms with E-state index >= 15 is 0 Å². The van der Waals surface area contributed by atoms with Gasteiger partial charge in [-0.05, 0) is 33.3 Å². The summed E-state index contributed by atoms with van der Waals surface area (Å²) in [5.41, 5.74) is 3.11. The molecule has 0 bridgehead atoms. The Hall–Kier alpha value is -3.20. The van der Waals surface area contributed by atoms with E-state index in [2.05, 4.69) is 31.0 Å². The lowest BCUT2D eigenvalue weighted by Crippen LogP contribution is -2.35. The maximum Gasteiger partial charge on any atom is 0.254 e. The van der Waals surface area contributed by atoms with Crippen LogP contribution in [0.3, 0.4) is 0 Å². The number of nitrogens with zero attached hydrogens (tertiary/aromatic N) is 4. The first-order chi connectivity index (χ1) is 14.7. The van der Waals surface area contributed by atoms with Gasteiger partial charge in [-0.1, -0.05) is 11.6 Å². The Morgan fingerprint density at radius 1 is 1.16 bits per heavy atom. The largest absolute Gasteiger partial charge is 0.382 e. The van der Waals surface area contributed by atoms with Crippen LogP contribution in [0.1, 0.15) is 44.5 Å². The van der Waals surface area contributed by atoms with Crippen molar-refractivity contribution in [3.63, 3.8) is 0 Å². The molecule has 3 aromatic rings. The highest BCUT2D eigenvalue weighted by atomic mass is 35.5. The number of hydrogen-bond acceptors (Lipinski definition) is 6. The zero-order valence-corrected chi connectivity index (χ0v) is 18.7. The number of halogens is 1. The monoisotopic (exact) mass is 443 g/mol. The van der Waals surface area contributed by atoms with Gasteiger partial charge in [-0.2, -0.15) is 5.10 Å². The summed E-state index contributed by atoms with van der Waals surface area (Å²) in [6, 6.07) is 1.91. The quantitative estimate of drug-likeness (QED) is 0.493. The Morgan fingerprint density at radius 3 is 2.65 bits per heavy atom. The van der Waals surface area contributed by atoms with Gasteiger partial charge in [0.1, 0.15) is 0 Å². The highest BCUT2D eigenvalue weighted by Gasteiger charge is 2.17. The molecular weight excluding hydrogens is 418 g/mol. The lowest BCUT2D eigenvalue weighted by molar-refractivity contribution is -0.119. The summed E-state index contributed by atoms with van der Waals surface area (Å²) in [5, 5.41) is 13.8. The second-order valence-electron chi connectivity index (χ2n) is 7.66. The van der Waals surface area contributed by atoms with Crippen LogP contribution in [0.15, 0.2) is 30.9 Å². The summed E-state index contributed by atoms with van der Waals surface area (Å²) in [6.07, 6.45) is 7.07. The fourth-order valence-electron chi connectivity index (χ4n) is 3.16. The van der Waals surface area contributed by atoms with Crippen molar-refractivity contribution >= 4 is 34.7 Å². The standard InChI is InChI=1S/C21H26ClN7O2/c1-12(2)27-19-7-18(16-10-26-29-11-15(22)8-25-20(16)29)24-9-17(19)21(31)23-6-5-13(3)28-14(4)30/h7-13H,5-6H2,1-4H3,(H,23,31)(H,24,27)(H,28,30)/t13-/m1/s1. The van der Waals surface area contributed by atoms with E-state index in [0.29, 0.717) is 40.6 Å². The van der Waals surface area contributed by atoms with Crippen molar-refractivity contribution in [3.8, 4) is 11.3 Å². The molecule has 9 nitrogen and oxygen atoms in total. The van der Waals surface area contributed by atoms with Crippen LogP contribution >= 0.6 is 11.6 Å². The maximum absolute atomic E-state index is 12.8. The highest BCUT2D eigenvalue weighted by Crippen LogP contribution is 2.27. The Morgan fingerprint density at radius 2 is 1.94 bits per heavy atom. The number of nitrogens with one attached hydrogen (secondary N) is 3. The molecule has 31 heavy (non-hydrogen) atoms. The molecule has 3 N–H and O–H groups in total. The SMILES string of the molecule is CC(=O)N[C@H](C)CCNC(=O)c1cnc(-c2cnn3cc(Cl)cnc23)cc1NC(C)C. The van der Waals surface area contributed by atoms with Gasteiger partial charge in [0.2, 0.25) is 5.91 Å². The van der Waals surface area contributed by atoms with Gasteiger partial charge in [0.05, 0.1) is 39.9 Å². The van der Waals surface area contributed by atoms with Crippen molar-refractivity contribution in [2.75, 3.05) is 11.9 Å². The summed E-state index contributed by atoms with van der Waals surface area (Å²) >= 11 is 5.98. The molecule has 0 aliphatic rings. The van der Waals surface area contributed by atoms with E-state index in [1.165, 1.54) is 6.92 Å². The molecular formula is C21H26ClN7O2. The van der Waals surface area contributed by atoms with Gasteiger partial charge in [0.15, 0.2) is 5.65 Å². The molecule has 0 aliphatic carbocycles. The summed E-state index contributed by atoms with van der Waals surface area (Å²) in [6.45, 7) is 7.79. The minimum atomic E-state index is -0.234. The van der Waals surface area contributed by atoms with Crippen LogP contribution in [0.2, 0.25) is 5.02 Å². The average Bonchev–Trinajstić information content (AvgIpc) is 3.09. The molecule has 0 aliphatic heterocycles. The van der Waals surface area contributed by atoms with Crippen molar-refractivity contribution in [2.24, 2.45) is 0 Å². The number of fused-ring (bicyclic) bond motifs is 1. The topological polar surface area (TPSA) is 113 Å². The van der Waals surface area contributed by atoms with Crippen LogP contribution in [0.25, 0.3) is 16.9 Å². The van der Waals surface area contributed by atoms with Gasteiger partial charge in [0, 0.05) is 37.9 Å². The first kappa shape index (κ1) is 22.5. The third-order valence-corrected chi connectivity index (χ3v) is 4.70. The number of rotatable bonds is 8. The molecule has 0 saturated heterocycles. The normalized spacial score (nSPS) is 12.1. The Kier molecular flexibility index (Phi) is 7.06. The molecule has 2 amide bonds. The molecule has 164 valence electrons. The van der Waals surface area contributed by atoms with Crippen LogP contribution in [-0.4, -0.2) is 50.0 Å². The van der Waals surface area contributed by atoms with Crippen molar-refractivity contribution < 1.29 is 9.59 Å². The summed E-state index contributed by atoms with van der Waals surface area (Å²) < 4.78 is 1.59. The van der Waals surface area contributed by atoms with Crippen LogP contribution in [0, 0.1) is 0 Å². The van der Waals surface area contributed by atoms with Crippen LogP contribution in [-0.2, 0) is 4.79 Å². The number of carbonyl (C=O) groups is 2. The first-order valence-corrected chi connectivity index (χ1v) is 10.4. The molecule has 1 atom stereocenters.